The van der Waals surface area contributed by atoms with Crippen molar-refractivity contribution in [2.24, 2.45) is 0 Å². The standard InChI is InChI=1S/C30H24N4O6/c1-18(30(36)33-29-20(16-31)17-32-34(29)21-9-5-4-6-10-21)39-28-26(35)22-11-7-8-12-23(22)40-27(28)19-13-14-24(37-2)25(15-19)38-3/h4-15,17-18H,1-3H3,(H,33,36). The largest absolute Gasteiger partial charge is 0.493 e. The van der Waals surface area contributed by atoms with E-state index in [1.54, 1.807) is 54.6 Å². The number of nitrogens with one attached hydrogen (secondary N) is 1. The SMILES string of the molecule is COc1ccc(-c2oc3ccccc3c(=O)c2OC(C)C(=O)Nc2c(C#N)cnn2-c2ccccc2)cc1OC. The second-order valence-electron chi connectivity index (χ2n) is 8.67. The summed E-state index contributed by atoms with van der Waals surface area (Å²) in [7, 11) is 3.02. The molecule has 200 valence electrons. The van der Waals surface area contributed by atoms with Gasteiger partial charge in [0.25, 0.3) is 5.91 Å². The summed E-state index contributed by atoms with van der Waals surface area (Å²) in [5, 5.41) is 16.8. The topological polar surface area (TPSA) is 129 Å². The highest BCUT2D eigenvalue weighted by Crippen LogP contribution is 2.37. The Hall–Kier alpha value is -5.56. The Balaban J connectivity index is 1.53. The van der Waals surface area contributed by atoms with Gasteiger partial charge in [0.15, 0.2) is 29.2 Å². The summed E-state index contributed by atoms with van der Waals surface area (Å²) in [5.41, 5.74) is 1.21. The Morgan fingerprint density at radius 2 is 1.75 bits per heavy atom. The summed E-state index contributed by atoms with van der Waals surface area (Å²) >= 11 is 0. The number of hydrogen-bond donors (Lipinski definition) is 1. The molecule has 10 heteroatoms. The Morgan fingerprint density at radius 1 is 1.02 bits per heavy atom. The van der Waals surface area contributed by atoms with Crippen LogP contribution in [0.3, 0.4) is 0 Å². The first-order chi connectivity index (χ1) is 19.4. The quantitative estimate of drug-likeness (QED) is 0.295. The van der Waals surface area contributed by atoms with Crippen LogP contribution in [0, 0.1) is 11.3 Å². The van der Waals surface area contributed by atoms with Gasteiger partial charge >= 0.3 is 0 Å². The van der Waals surface area contributed by atoms with Crippen LogP contribution in [0.25, 0.3) is 28.0 Å². The number of fused-ring (bicyclic) bond motifs is 1. The lowest BCUT2D eigenvalue weighted by Crippen LogP contribution is -2.32. The summed E-state index contributed by atoms with van der Waals surface area (Å²) in [6.07, 6.45) is 0.204. The van der Waals surface area contributed by atoms with Crippen molar-refractivity contribution in [1.82, 2.24) is 9.78 Å². The highest BCUT2D eigenvalue weighted by molar-refractivity contribution is 5.95. The number of methoxy groups -OCH3 is 2. The number of para-hydroxylation sites is 2. The molecule has 3 aromatic carbocycles. The van der Waals surface area contributed by atoms with Gasteiger partial charge in [0.2, 0.25) is 11.2 Å². The van der Waals surface area contributed by atoms with Crippen LogP contribution in [-0.4, -0.2) is 36.0 Å². The van der Waals surface area contributed by atoms with Gasteiger partial charge in [0.05, 0.1) is 31.5 Å². The number of amides is 1. The van der Waals surface area contributed by atoms with Crippen molar-refractivity contribution < 1.29 is 23.4 Å². The average Bonchev–Trinajstić information content (AvgIpc) is 3.40. The number of carbonyl (C=O) groups is 1. The van der Waals surface area contributed by atoms with Crippen LogP contribution in [0.15, 0.2) is 88.2 Å². The van der Waals surface area contributed by atoms with E-state index in [1.807, 2.05) is 24.3 Å². The molecule has 5 rings (SSSR count). The number of nitrogens with zero attached hydrogens (tertiary/aromatic N) is 3. The van der Waals surface area contributed by atoms with E-state index in [1.165, 1.54) is 32.0 Å². The van der Waals surface area contributed by atoms with Crippen LogP contribution in [0.4, 0.5) is 5.82 Å². The van der Waals surface area contributed by atoms with Crippen molar-refractivity contribution in [1.29, 1.82) is 5.26 Å². The Kier molecular flexibility index (Phi) is 7.20. The minimum absolute atomic E-state index is 0.122. The second-order valence-corrected chi connectivity index (χ2v) is 8.67. The van der Waals surface area contributed by atoms with Gasteiger partial charge in [-0.25, -0.2) is 4.68 Å². The maximum absolute atomic E-state index is 13.6. The van der Waals surface area contributed by atoms with Gasteiger partial charge in [0, 0.05) is 5.56 Å². The van der Waals surface area contributed by atoms with E-state index < -0.39 is 17.4 Å². The average molecular weight is 537 g/mol. The molecule has 0 fully saturated rings. The van der Waals surface area contributed by atoms with Gasteiger partial charge in [-0.2, -0.15) is 10.4 Å². The third-order valence-electron chi connectivity index (χ3n) is 6.20. The normalized spacial score (nSPS) is 11.4. The number of aromatic nitrogens is 2. The van der Waals surface area contributed by atoms with Gasteiger partial charge in [-0.05, 0) is 49.4 Å². The Bertz CT molecular complexity index is 1800. The molecule has 0 bridgehead atoms. The third kappa shape index (κ3) is 4.83. The highest BCUT2D eigenvalue weighted by Gasteiger charge is 2.25. The molecule has 1 unspecified atom stereocenters. The predicted octanol–water partition coefficient (Wildman–Crippen LogP) is 4.94. The summed E-state index contributed by atoms with van der Waals surface area (Å²) in [4.78, 5) is 26.9. The van der Waals surface area contributed by atoms with Crippen molar-refractivity contribution in [3.8, 4) is 40.3 Å². The van der Waals surface area contributed by atoms with E-state index in [4.69, 9.17) is 18.6 Å². The van der Waals surface area contributed by atoms with Gasteiger partial charge in [-0.1, -0.05) is 30.3 Å². The summed E-state index contributed by atoms with van der Waals surface area (Å²) in [5.74, 6) is 0.473. The highest BCUT2D eigenvalue weighted by atomic mass is 16.5. The molecule has 0 aliphatic heterocycles. The van der Waals surface area contributed by atoms with Crippen LogP contribution in [0.1, 0.15) is 12.5 Å². The van der Waals surface area contributed by atoms with E-state index in [-0.39, 0.29) is 22.9 Å². The van der Waals surface area contributed by atoms with Crippen molar-refractivity contribution in [3.05, 3.63) is 94.8 Å². The number of rotatable bonds is 8. The number of hydrogen-bond acceptors (Lipinski definition) is 8. The fourth-order valence-electron chi connectivity index (χ4n) is 4.16. The molecule has 1 amide bonds. The molecule has 40 heavy (non-hydrogen) atoms. The van der Waals surface area contributed by atoms with Crippen molar-refractivity contribution in [2.75, 3.05) is 19.5 Å². The Labute approximate surface area is 228 Å². The lowest BCUT2D eigenvalue weighted by molar-refractivity contribution is -0.122. The zero-order chi connectivity index (χ0) is 28.2. The smallest absolute Gasteiger partial charge is 0.266 e. The molecule has 5 aromatic rings. The molecule has 2 heterocycles. The molecule has 10 nitrogen and oxygen atoms in total. The molecule has 0 spiro atoms. The van der Waals surface area contributed by atoms with Crippen LogP contribution in [0.2, 0.25) is 0 Å². The molecule has 0 saturated heterocycles. The first-order valence-corrected chi connectivity index (χ1v) is 12.2. The van der Waals surface area contributed by atoms with Gasteiger partial charge in [-0.15, -0.1) is 0 Å². The molecule has 0 saturated carbocycles. The van der Waals surface area contributed by atoms with E-state index in [2.05, 4.69) is 10.4 Å². The monoisotopic (exact) mass is 536 g/mol. The lowest BCUT2D eigenvalue weighted by Gasteiger charge is -2.18. The van der Waals surface area contributed by atoms with Crippen LogP contribution >= 0.6 is 0 Å². The number of ether oxygens (including phenoxy) is 3. The summed E-state index contributed by atoms with van der Waals surface area (Å²) in [6.45, 7) is 1.50. The van der Waals surface area contributed by atoms with E-state index >= 15 is 0 Å². The zero-order valence-corrected chi connectivity index (χ0v) is 21.9. The van der Waals surface area contributed by atoms with Crippen LogP contribution in [-0.2, 0) is 4.79 Å². The lowest BCUT2D eigenvalue weighted by atomic mass is 10.1. The van der Waals surface area contributed by atoms with Gasteiger partial charge in [-0.3, -0.25) is 9.59 Å². The molecular formula is C30H24N4O6. The predicted molar refractivity (Wildman–Crippen MR) is 148 cm³/mol. The minimum Gasteiger partial charge on any atom is -0.493 e. The maximum atomic E-state index is 13.6. The first-order valence-electron chi connectivity index (χ1n) is 12.2. The maximum Gasteiger partial charge on any atom is 0.266 e. The number of benzene rings is 3. The van der Waals surface area contributed by atoms with Crippen LogP contribution in [0.5, 0.6) is 17.2 Å². The fourth-order valence-corrected chi connectivity index (χ4v) is 4.16. The molecule has 1 N–H and O–H groups in total. The summed E-state index contributed by atoms with van der Waals surface area (Å²) in [6, 6.07) is 22.9. The number of carbonyl (C=O) groups excluding carboxylic acids is 1. The molecule has 1 atom stereocenters. The van der Waals surface area contributed by atoms with Gasteiger partial charge in [0.1, 0.15) is 17.2 Å². The van der Waals surface area contributed by atoms with Crippen molar-refractivity contribution >= 4 is 22.7 Å². The number of nitriles is 1. The number of anilines is 1. The fraction of sp³-hybridized carbons (Fsp3) is 0.133. The molecule has 2 aromatic heterocycles. The van der Waals surface area contributed by atoms with Crippen molar-refractivity contribution in [3.63, 3.8) is 0 Å². The minimum atomic E-state index is -1.16. The van der Waals surface area contributed by atoms with Crippen LogP contribution < -0.4 is 25.0 Å². The third-order valence-corrected chi connectivity index (χ3v) is 6.20. The van der Waals surface area contributed by atoms with E-state index in [0.717, 1.165) is 0 Å². The zero-order valence-electron chi connectivity index (χ0n) is 21.9. The molecule has 0 aliphatic carbocycles. The second kappa shape index (κ2) is 11.0. The molecule has 0 aliphatic rings. The molecular weight excluding hydrogens is 512 g/mol. The first kappa shape index (κ1) is 26.1. The van der Waals surface area contributed by atoms with Crippen molar-refractivity contribution in [2.45, 2.75) is 13.0 Å². The van der Waals surface area contributed by atoms with E-state index in [0.29, 0.717) is 33.7 Å². The molecule has 0 radical (unpaired) electrons. The van der Waals surface area contributed by atoms with Gasteiger partial charge < -0.3 is 23.9 Å². The van der Waals surface area contributed by atoms with E-state index in [9.17, 15) is 14.9 Å². The Morgan fingerprint density at radius 3 is 2.48 bits per heavy atom. The summed E-state index contributed by atoms with van der Waals surface area (Å²) < 4.78 is 24.3.